The minimum absolute atomic E-state index is 0.0129. The summed E-state index contributed by atoms with van der Waals surface area (Å²) in [6.07, 6.45) is 0. The van der Waals surface area contributed by atoms with Gasteiger partial charge < -0.3 is 5.73 Å². The number of nitrogens with two attached hydrogens (primary N) is 1. The Morgan fingerprint density at radius 1 is 1.80 bits per heavy atom. The van der Waals surface area contributed by atoms with E-state index < -0.39 is 0 Å². The van der Waals surface area contributed by atoms with Crippen LogP contribution < -0.4 is 5.73 Å². The number of aromatic nitrogens is 1. The number of ketones is 1. The van der Waals surface area contributed by atoms with Gasteiger partial charge in [-0.2, -0.15) is 0 Å². The Kier molecular flexibility index (Phi) is 2.05. The lowest BCUT2D eigenvalue weighted by molar-refractivity contribution is 0.102. The Labute approximate surface area is 70.4 Å². The van der Waals surface area contributed by atoms with E-state index in [-0.39, 0.29) is 5.78 Å². The smallest absolute Gasteiger partial charge is 0.181 e. The number of hydrogen-bond donors (Lipinski definition) is 1. The first-order chi connectivity index (χ1) is 4.61. The summed E-state index contributed by atoms with van der Waals surface area (Å²) in [7, 11) is 0. The molecule has 0 aliphatic rings. The molecular formula is C5H5BrN2OS. The van der Waals surface area contributed by atoms with Crippen LogP contribution in [0.1, 0.15) is 16.6 Å². The Morgan fingerprint density at radius 3 is 2.60 bits per heavy atom. The first-order valence-corrected chi connectivity index (χ1v) is 4.15. The van der Waals surface area contributed by atoms with E-state index in [2.05, 4.69) is 20.9 Å². The van der Waals surface area contributed by atoms with Gasteiger partial charge in [-0.25, -0.2) is 4.98 Å². The highest BCUT2D eigenvalue weighted by Crippen LogP contribution is 2.24. The normalized spacial score (nSPS) is 9.80. The molecule has 3 nitrogen and oxygen atoms in total. The molecule has 0 saturated carbocycles. The second-order valence-electron chi connectivity index (χ2n) is 1.73. The number of halogens is 1. The first kappa shape index (κ1) is 7.68. The van der Waals surface area contributed by atoms with Gasteiger partial charge in [0.1, 0.15) is 9.48 Å². The quantitative estimate of drug-likeness (QED) is 0.734. The topological polar surface area (TPSA) is 56.0 Å². The van der Waals surface area contributed by atoms with Gasteiger partial charge in [-0.15, -0.1) is 0 Å². The highest BCUT2D eigenvalue weighted by atomic mass is 79.9. The second-order valence-corrected chi connectivity index (χ2v) is 3.51. The Morgan fingerprint density at radius 2 is 2.40 bits per heavy atom. The van der Waals surface area contributed by atoms with Crippen molar-refractivity contribution in [1.82, 2.24) is 4.98 Å². The number of carbonyl (C=O) groups excluding carboxylic acids is 1. The number of thiazole rings is 1. The first-order valence-electron chi connectivity index (χ1n) is 2.54. The van der Waals surface area contributed by atoms with Crippen LogP contribution in [0.4, 0.5) is 5.13 Å². The van der Waals surface area contributed by atoms with Crippen LogP contribution in [0.15, 0.2) is 4.60 Å². The summed E-state index contributed by atoms with van der Waals surface area (Å²) in [6, 6.07) is 0. The molecule has 1 aromatic heterocycles. The van der Waals surface area contributed by atoms with Crippen molar-refractivity contribution >= 4 is 38.2 Å². The number of nitrogens with zero attached hydrogens (tertiary/aromatic N) is 1. The third kappa shape index (κ3) is 1.35. The van der Waals surface area contributed by atoms with Gasteiger partial charge in [-0.1, -0.05) is 11.3 Å². The summed E-state index contributed by atoms with van der Waals surface area (Å²) >= 11 is 4.31. The van der Waals surface area contributed by atoms with Crippen molar-refractivity contribution in [3.8, 4) is 0 Å². The highest BCUT2D eigenvalue weighted by Gasteiger charge is 2.09. The molecule has 1 rings (SSSR count). The number of rotatable bonds is 1. The predicted molar refractivity (Wildman–Crippen MR) is 44.2 cm³/mol. The largest absolute Gasteiger partial charge is 0.375 e. The average molecular weight is 221 g/mol. The minimum Gasteiger partial charge on any atom is -0.375 e. The zero-order valence-electron chi connectivity index (χ0n) is 5.22. The van der Waals surface area contributed by atoms with Crippen LogP contribution in [-0.4, -0.2) is 10.8 Å². The number of Topliss-reactive ketones (excluding diaryl/α,β-unsaturated/α-hetero) is 1. The zero-order chi connectivity index (χ0) is 7.72. The molecule has 0 saturated heterocycles. The van der Waals surface area contributed by atoms with Gasteiger partial charge in [0.25, 0.3) is 0 Å². The van der Waals surface area contributed by atoms with Gasteiger partial charge in [-0.05, 0) is 15.9 Å². The van der Waals surface area contributed by atoms with Crippen LogP contribution in [0.3, 0.4) is 0 Å². The van der Waals surface area contributed by atoms with Gasteiger partial charge >= 0.3 is 0 Å². The highest BCUT2D eigenvalue weighted by molar-refractivity contribution is 9.10. The molecule has 2 N–H and O–H groups in total. The molecule has 0 unspecified atom stereocenters. The molecule has 0 bridgehead atoms. The van der Waals surface area contributed by atoms with Crippen LogP contribution in [0, 0.1) is 0 Å². The minimum atomic E-state index is -0.0129. The Hall–Kier alpha value is -0.420. The van der Waals surface area contributed by atoms with E-state index in [9.17, 15) is 4.79 Å². The molecule has 0 spiro atoms. The lowest BCUT2D eigenvalue weighted by Crippen LogP contribution is -1.86. The number of nitrogen functional groups attached to an aromatic ring is 1. The number of anilines is 1. The van der Waals surface area contributed by atoms with Crippen molar-refractivity contribution in [2.24, 2.45) is 0 Å². The zero-order valence-corrected chi connectivity index (χ0v) is 7.62. The molecule has 0 radical (unpaired) electrons. The summed E-state index contributed by atoms with van der Waals surface area (Å²) in [5.41, 5.74) is 5.34. The number of hydrogen-bond acceptors (Lipinski definition) is 4. The van der Waals surface area contributed by atoms with Crippen LogP contribution in [0.2, 0.25) is 0 Å². The molecule has 0 amide bonds. The fourth-order valence-electron chi connectivity index (χ4n) is 0.534. The Bertz CT molecular complexity index is 271. The fourth-order valence-corrected chi connectivity index (χ4v) is 1.98. The monoisotopic (exact) mass is 220 g/mol. The lowest BCUT2D eigenvalue weighted by Gasteiger charge is -1.83. The molecule has 0 fully saturated rings. The summed E-state index contributed by atoms with van der Waals surface area (Å²) in [5, 5.41) is 0.414. The molecule has 1 aromatic rings. The standard InChI is InChI=1S/C5H5BrN2OS/c1-2(9)3-4(6)8-5(7)10-3/h1H3,(H2,7,8). The molecular weight excluding hydrogens is 216 g/mol. The van der Waals surface area contributed by atoms with Gasteiger partial charge in [0.2, 0.25) is 0 Å². The summed E-state index contributed by atoms with van der Waals surface area (Å²) in [5.74, 6) is -0.0129. The predicted octanol–water partition coefficient (Wildman–Crippen LogP) is 1.69. The van der Waals surface area contributed by atoms with E-state index in [0.717, 1.165) is 0 Å². The second kappa shape index (κ2) is 2.67. The molecule has 1 heterocycles. The van der Waals surface area contributed by atoms with Gasteiger partial charge in [0, 0.05) is 6.92 Å². The van der Waals surface area contributed by atoms with E-state index in [1.54, 1.807) is 0 Å². The van der Waals surface area contributed by atoms with Gasteiger partial charge in [-0.3, -0.25) is 4.79 Å². The lowest BCUT2D eigenvalue weighted by atomic mass is 10.4. The van der Waals surface area contributed by atoms with Crippen molar-refractivity contribution in [3.63, 3.8) is 0 Å². The van der Waals surface area contributed by atoms with Crippen LogP contribution in [0.25, 0.3) is 0 Å². The van der Waals surface area contributed by atoms with E-state index >= 15 is 0 Å². The van der Waals surface area contributed by atoms with Crippen molar-refractivity contribution in [1.29, 1.82) is 0 Å². The molecule has 5 heteroatoms. The average Bonchev–Trinajstić information content (AvgIpc) is 2.10. The summed E-state index contributed by atoms with van der Waals surface area (Å²) in [6.45, 7) is 1.48. The molecule has 10 heavy (non-hydrogen) atoms. The van der Waals surface area contributed by atoms with Crippen LogP contribution >= 0.6 is 27.3 Å². The van der Waals surface area contributed by atoms with Gasteiger partial charge in [0.05, 0.1) is 0 Å². The van der Waals surface area contributed by atoms with Crippen LogP contribution in [-0.2, 0) is 0 Å². The molecule has 54 valence electrons. The third-order valence-corrected chi connectivity index (χ3v) is 2.74. The summed E-state index contributed by atoms with van der Waals surface area (Å²) < 4.78 is 0.544. The van der Waals surface area contributed by atoms with Crippen molar-refractivity contribution in [2.75, 3.05) is 5.73 Å². The summed E-state index contributed by atoms with van der Waals surface area (Å²) in [4.78, 5) is 15.2. The number of carbonyl (C=O) groups is 1. The maximum Gasteiger partial charge on any atom is 0.181 e. The third-order valence-electron chi connectivity index (χ3n) is 0.922. The molecule has 0 aliphatic heterocycles. The SMILES string of the molecule is CC(=O)c1sc(N)nc1Br. The van der Waals surface area contributed by atoms with Crippen molar-refractivity contribution in [3.05, 3.63) is 9.48 Å². The van der Waals surface area contributed by atoms with E-state index in [1.165, 1.54) is 18.3 Å². The van der Waals surface area contributed by atoms with E-state index in [4.69, 9.17) is 5.73 Å². The molecule has 0 atom stereocenters. The van der Waals surface area contributed by atoms with E-state index in [1.807, 2.05) is 0 Å². The maximum atomic E-state index is 10.8. The van der Waals surface area contributed by atoms with Gasteiger partial charge in [0.15, 0.2) is 10.9 Å². The van der Waals surface area contributed by atoms with Crippen molar-refractivity contribution < 1.29 is 4.79 Å². The maximum absolute atomic E-state index is 10.8. The van der Waals surface area contributed by atoms with Crippen molar-refractivity contribution in [2.45, 2.75) is 6.92 Å². The van der Waals surface area contributed by atoms with E-state index in [0.29, 0.717) is 14.6 Å². The van der Waals surface area contributed by atoms with Crippen LogP contribution in [0.5, 0.6) is 0 Å². The fraction of sp³-hybridized carbons (Fsp3) is 0.200. The molecule has 0 aliphatic carbocycles. The molecule has 0 aromatic carbocycles. The Balaban J connectivity index is 3.15.